The lowest BCUT2D eigenvalue weighted by molar-refractivity contribution is -0.137. The van der Waals surface area contributed by atoms with Gasteiger partial charge in [-0.15, -0.1) is 0 Å². The molecule has 1 unspecified atom stereocenters. The molecule has 1 aliphatic rings. The molecule has 2 aromatic rings. The zero-order valence-corrected chi connectivity index (χ0v) is 17.1. The molecule has 30 heavy (non-hydrogen) atoms. The van der Waals surface area contributed by atoms with Crippen LogP contribution in [0.2, 0.25) is 0 Å². The van der Waals surface area contributed by atoms with Crippen LogP contribution in [-0.4, -0.2) is 57.8 Å². The third-order valence-electron chi connectivity index (χ3n) is 5.21. The van der Waals surface area contributed by atoms with Crippen LogP contribution in [0.15, 0.2) is 48.5 Å². The Morgan fingerprint density at radius 2 is 1.67 bits per heavy atom. The molecule has 1 fully saturated rings. The molecular weight excluding hydrogens is 395 g/mol. The number of carbonyl (C=O) groups is 1. The van der Waals surface area contributed by atoms with Crippen LogP contribution in [0.4, 0.5) is 18.9 Å². The Morgan fingerprint density at radius 3 is 2.20 bits per heavy atom. The molecule has 1 aliphatic heterocycles. The summed E-state index contributed by atoms with van der Waals surface area (Å²) in [7, 11) is 3.94. The fourth-order valence-corrected chi connectivity index (χ4v) is 3.44. The second-order valence-corrected chi connectivity index (χ2v) is 7.44. The van der Waals surface area contributed by atoms with E-state index in [0.29, 0.717) is 19.8 Å². The van der Waals surface area contributed by atoms with E-state index in [4.69, 9.17) is 4.74 Å². The first-order valence-electron chi connectivity index (χ1n) is 9.80. The van der Waals surface area contributed by atoms with Crippen molar-refractivity contribution in [1.29, 1.82) is 0 Å². The van der Waals surface area contributed by atoms with Crippen molar-refractivity contribution in [2.24, 2.45) is 0 Å². The van der Waals surface area contributed by atoms with Crippen LogP contribution >= 0.6 is 0 Å². The summed E-state index contributed by atoms with van der Waals surface area (Å²) in [4.78, 5) is 16.8. The first kappa shape index (κ1) is 22.1. The number of nitrogens with one attached hydrogen (secondary N) is 1. The fraction of sp³-hybridized carbons (Fsp3) is 0.409. The van der Waals surface area contributed by atoms with Crippen LogP contribution in [-0.2, 0) is 10.9 Å². The topological polar surface area (TPSA) is 44.8 Å². The number of morpholine rings is 1. The van der Waals surface area contributed by atoms with E-state index in [2.05, 4.69) is 10.2 Å². The molecule has 1 amide bonds. The van der Waals surface area contributed by atoms with Gasteiger partial charge in [-0.05, 0) is 42.0 Å². The quantitative estimate of drug-likeness (QED) is 0.775. The largest absolute Gasteiger partial charge is 0.416 e. The number of hydrogen-bond donors (Lipinski definition) is 1. The van der Waals surface area contributed by atoms with Crippen LogP contribution in [0, 0.1) is 0 Å². The summed E-state index contributed by atoms with van der Waals surface area (Å²) in [5.41, 5.74) is 1.57. The number of amides is 1. The highest BCUT2D eigenvalue weighted by Gasteiger charge is 2.30. The Morgan fingerprint density at radius 1 is 1.07 bits per heavy atom. The number of benzene rings is 2. The number of rotatable bonds is 6. The zero-order chi connectivity index (χ0) is 21.7. The molecule has 1 saturated heterocycles. The number of carbonyl (C=O) groups excluding carboxylic acids is 1. The number of nitrogens with zero attached hydrogens (tertiary/aromatic N) is 2. The SMILES string of the molecule is CN(C)c1ccc(C(CNC(=O)c2ccc(C(F)(F)F)cc2)N2CCOCC2)cc1. The maximum atomic E-state index is 12.7. The maximum absolute atomic E-state index is 12.7. The fourth-order valence-electron chi connectivity index (χ4n) is 3.44. The first-order chi connectivity index (χ1) is 14.3. The van der Waals surface area contributed by atoms with Crippen LogP contribution in [0.5, 0.6) is 0 Å². The van der Waals surface area contributed by atoms with Gasteiger partial charge in [0.1, 0.15) is 0 Å². The van der Waals surface area contributed by atoms with Crippen molar-refractivity contribution in [2.75, 3.05) is 51.8 Å². The lowest BCUT2D eigenvalue weighted by Gasteiger charge is -2.35. The van der Waals surface area contributed by atoms with Gasteiger partial charge in [-0.1, -0.05) is 12.1 Å². The van der Waals surface area contributed by atoms with Crippen molar-refractivity contribution in [3.05, 3.63) is 65.2 Å². The molecule has 0 spiro atoms. The predicted molar refractivity (Wildman–Crippen MR) is 110 cm³/mol. The molecular formula is C22H26F3N3O2. The standard InChI is InChI=1S/C22H26F3N3O2/c1-27(2)19-9-5-16(6-10-19)20(28-11-13-30-14-12-28)15-26-21(29)17-3-7-18(8-4-17)22(23,24)25/h3-10,20H,11-15H2,1-2H3,(H,26,29). The van der Waals surface area contributed by atoms with E-state index in [1.165, 1.54) is 12.1 Å². The van der Waals surface area contributed by atoms with E-state index in [0.717, 1.165) is 36.5 Å². The number of anilines is 1. The molecule has 5 nitrogen and oxygen atoms in total. The van der Waals surface area contributed by atoms with Gasteiger partial charge in [0.25, 0.3) is 5.91 Å². The Labute approximate surface area is 174 Å². The van der Waals surface area contributed by atoms with Crippen molar-refractivity contribution in [3.8, 4) is 0 Å². The summed E-state index contributed by atoms with van der Waals surface area (Å²) >= 11 is 0. The van der Waals surface area contributed by atoms with E-state index in [9.17, 15) is 18.0 Å². The highest BCUT2D eigenvalue weighted by molar-refractivity contribution is 5.94. The lowest BCUT2D eigenvalue weighted by Crippen LogP contribution is -2.43. The van der Waals surface area contributed by atoms with E-state index in [1.807, 2.05) is 43.3 Å². The van der Waals surface area contributed by atoms with Crippen molar-refractivity contribution in [3.63, 3.8) is 0 Å². The van der Waals surface area contributed by atoms with Gasteiger partial charge >= 0.3 is 6.18 Å². The minimum Gasteiger partial charge on any atom is -0.379 e. The van der Waals surface area contributed by atoms with Gasteiger partial charge in [0.2, 0.25) is 0 Å². The molecule has 0 aromatic heterocycles. The summed E-state index contributed by atoms with van der Waals surface area (Å²) in [5.74, 6) is -0.396. The molecule has 3 rings (SSSR count). The minimum absolute atomic E-state index is 0.0523. The van der Waals surface area contributed by atoms with Gasteiger partial charge in [-0.25, -0.2) is 0 Å². The smallest absolute Gasteiger partial charge is 0.379 e. The van der Waals surface area contributed by atoms with E-state index < -0.39 is 17.6 Å². The van der Waals surface area contributed by atoms with Crippen molar-refractivity contribution >= 4 is 11.6 Å². The molecule has 0 aliphatic carbocycles. The van der Waals surface area contributed by atoms with Gasteiger partial charge in [0, 0.05) is 45.0 Å². The average molecular weight is 421 g/mol. The second kappa shape index (κ2) is 9.49. The van der Waals surface area contributed by atoms with Crippen LogP contribution in [0.1, 0.15) is 27.5 Å². The normalized spacial score (nSPS) is 16.2. The number of hydrogen-bond acceptors (Lipinski definition) is 4. The van der Waals surface area contributed by atoms with Crippen molar-refractivity contribution in [1.82, 2.24) is 10.2 Å². The Balaban J connectivity index is 1.72. The van der Waals surface area contributed by atoms with E-state index in [1.54, 1.807) is 0 Å². The molecule has 2 aromatic carbocycles. The molecule has 0 bridgehead atoms. The highest BCUT2D eigenvalue weighted by Crippen LogP contribution is 2.29. The predicted octanol–water partition coefficient (Wildman–Crippen LogP) is 3.57. The van der Waals surface area contributed by atoms with Crippen LogP contribution in [0.25, 0.3) is 0 Å². The average Bonchev–Trinajstić information content (AvgIpc) is 2.74. The highest BCUT2D eigenvalue weighted by atomic mass is 19.4. The lowest BCUT2D eigenvalue weighted by atomic mass is 10.0. The maximum Gasteiger partial charge on any atom is 0.416 e. The number of ether oxygens (including phenoxy) is 1. The number of halogens is 3. The van der Waals surface area contributed by atoms with Crippen molar-refractivity contribution < 1.29 is 22.7 Å². The molecule has 1 N–H and O–H groups in total. The summed E-state index contributed by atoms with van der Waals surface area (Å²) in [6, 6.07) is 12.3. The van der Waals surface area contributed by atoms with Gasteiger partial charge in [0.15, 0.2) is 0 Å². The molecule has 8 heteroatoms. The summed E-state index contributed by atoms with van der Waals surface area (Å²) in [5, 5.41) is 2.88. The number of alkyl halides is 3. The molecule has 162 valence electrons. The Kier molecular flexibility index (Phi) is 6.99. The monoisotopic (exact) mass is 421 g/mol. The molecule has 0 radical (unpaired) electrons. The summed E-state index contributed by atoms with van der Waals surface area (Å²) < 4.78 is 43.6. The second-order valence-electron chi connectivity index (χ2n) is 7.44. The molecule has 1 heterocycles. The van der Waals surface area contributed by atoms with Gasteiger partial charge in [0.05, 0.1) is 24.8 Å². The van der Waals surface area contributed by atoms with Gasteiger partial charge < -0.3 is 15.0 Å². The summed E-state index contributed by atoms with van der Waals surface area (Å²) in [6.07, 6.45) is -4.42. The Hall–Kier alpha value is -2.58. The zero-order valence-electron chi connectivity index (χ0n) is 17.1. The third kappa shape index (κ3) is 5.52. The van der Waals surface area contributed by atoms with Crippen LogP contribution < -0.4 is 10.2 Å². The first-order valence-corrected chi connectivity index (χ1v) is 9.80. The van der Waals surface area contributed by atoms with Gasteiger partial charge in [-0.2, -0.15) is 13.2 Å². The Bertz CT molecular complexity index is 830. The van der Waals surface area contributed by atoms with Gasteiger partial charge in [-0.3, -0.25) is 9.69 Å². The van der Waals surface area contributed by atoms with E-state index in [-0.39, 0.29) is 11.6 Å². The van der Waals surface area contributed by atoms with Crippen molar-refractivity contribution in [2.45, 2.75) is 12.2 Å². The van der Waals surface area contributed by atoms with E-state index >= 15 is 0 Å². The summed E-state index contributed by atoms with van der Waals surface area (Å²) in [6.45, 7) is 3.09. The minimum atomic E-state index is -4.42. The molecule has 1 atom stereocenters. The van der Waals surface area contributed by atoms with Crippen LogP contribution in [0.3, 0.4) is 0 Å². The third-order valence-corrected chi connectivity index (χ3v) is 5.21. The molecule has 0 saturated carbocycles.